The van der Waals surface area contributed by atoms with Crippen LogP contribution in [-0.2, 0) is 16.1 Å². The van der Waals surface area contributed by atoms with Gasteiger partial charge in [0.2, 0.25) is 0 Å². The molecule has 6 heteroatoms. The fraction of sp³-hybridized carbons (Fsp3) is 0.538. The summed E-state index contributed by atoms with van der Waals surface area (Å²) in [6, 6.07) is 8.59. The summed E-state index contributed by atoms with van der Waals surface area (Å²) in [5.41, 5.74) is 6.70. The highest BCUT2D eigenvalue weighted by Crippen LogP contribution is 2.21. The summed E-state index contributed by atoms with van der Waals surface area (Å²) in [4.78, 5) is 0. The van der Waals surface area contributed by atoms with Crippen LogP contribution < -0.4 is 5.73 Å². The number of hydrogen-bond acceptors (Lipinski definition) is 6. The number of rotatable bonds is 4. The average Bonchev–Trinajstić information content (AvgIpc) is 2.45. The van der Waals surface area contributed by atoms with E-state index in [2.05, 4.69) is 0 Å². The smallest absolute Gasteiger partial charge is 0.176 e. The molecule has 0 saturated carbocycles. The molecule has 5 atom stereocenters. The standard InChI is InChI=1S/C13H19NO5/c14-10-12(17)11(16)9(6-15)19-13(10)18-7-8-4-2-1-3-5-8/h1-5,9-13,15-17H,6-7,14H2/t9-,10-,11-,12-,13+/m1/s1. The minimum Gasteiger partial charge on any atom is -0.394 e. The van der Waals surface area contributed by atoms with E-state index in [0.717, 1.165) is 5.56 Å². The highest BCUT2D eigenvalue weighted by atomic mass is 16.7. The molecule has 0 unspecified atom stereocenters. The molecule has 0 amide bonds. The third kappa shape index (κ3) is 3.30. The van der Waals surface area contributed by atoms with Crippen LogP contribution in [0.1, 0.15) is 5.56 Å². The summed E-state index contributed by atoms with van der Waals surface area (Å²) in [6.45, 7) is -0.129. The van der Waals surface area contributed by atoms with Crippen LogP contribution in [0.2, 0.25) is 0 Å². The van der Waals surface area contributed by atoms with Crippen molar-refractivity contribution in [3.8, 4) is 0 Å². The van der Waals surface area contributed by atoms with E-state index in [1.54, 1.807) is 0 Å². The van der Waals surface area contributed by atoms with Crippen molar-refractivity contribution in [3.63, 3.8) is 0 Å². The van der Waals surface area contributed by atoms with Crippen LogP contribution >= 0.6 is 0 Å². The number of benzene rings is 1. The van der Waals surface area contributed by atoms with E-state index in [0.29, 0.717) is 0 Å². The number of aliphatic hydroxyl groups excluding tert-OH is 3. The van der Waals surface area contributed by atoms with Gasteiger partial charge in [0.1, 0.15) is 18.3 Å². The zero-order valence-electron chi connectivity index (χ0n) is 10.4. The maximum absolute atomic E-state index is 9.77. The van der Waals surface area contributed by atoms with Crippen LogP contribution in [0.4, 0.5) is 0 Å². The highest BCUT2D eigenvalue weighted by Gasteiger charge is 2.42. The molecule has 1 aromatic rings. The number of aliphatic hydroxyl groups is 3. The van der Waals surface area contributed by atoms with Gasteiger partial charge in [-0.25, -0.2) is 0 Å². The Labute approximate surface area is 111 Å². The summed E-state index contributed by atoms with van der Waals surface area (Å²) in [5, 5.41) is 28.5. The van der Waals surface area contributed by atoms with Crippen molar-refractivity contribution in [1.29, 1.82) is 0 Å². The maximum atomic E-state index is 9.77. The molecule has 1 saturated heterocycles. The Morgan fingerprint density at radius 3 is 2.47 bits per heavy atom. The predicted octanol–water partition coefficient (Wildman–Crippen LogP) is -1.03. The molecule has 6 nitrogen and oxygen atoms in total. The van der Waals surface area contributed by atoms with E-state index in [4.69, 9.17) is 20.3 Å². The summed E-state index contributed by atoms with van der Waals surface area (Å²) in [7, 11) is 0. The maximum Gasteiger partial charge on any atom is 0.176 e. The van der Waals surface area contributed by atoms with E-state index in [1.807, 2.05) is 30.3 Å². The lowest BCUT2D eigenvalue weighted by atomic mass is 9.98. The van der Waals surface area contributed by atoms with Crippen molar-refractivity contribution in [2.24, 2.45) is 5.73 Å². The first-order valence-corrected chi connectivity index (χ1v) is 6.17. The number of hydrogen-bond donors (Lipinski definition) is 4. The van der Waals surface area contributed by atoms with Gasteiger partial charge in [0.25, 0.3) is 0 Å². The van der Waals surface area contributed by atoms with E-state index in [1.165, 1.54) is 0 Å². The molecule has 2 rings (SSSR count). The van der Waals surface area contributed by atoms with Gasteiger partial charge >= 0.3 is 0 Å². The molecule has 1 aliphatic heterocycles. The molecule has 0 bridgehead atoms. The van der Waals surface area contributed by atoms with Gasteiger partial charge in [-0.2, -0.15) is 0 Å². The molecule has 0 spiro atoms. The van der Waals surface area contributed by atoms with Gasteiger partial charge in [0, 0.05) is 0 Å². The van der Waals surface area contributed by atoms with Crippen molar-refractivity contribution in [2.75, 3.05) is 6.61 Å². The van der Waals surface area contributed by atoms with Crippen LogP contribution in [0.3, 0.4) is 0 Å². The van der Waals surface area contributed by atoms with Gasteiger partial charge in [-0.1, -0.05) is 30.3 Å². The van der Waals surface area contributed by atoms with Crippen molar-refractivity contribution in [3.05, 3.63) is 35.9 Å². The Hall–Kier alpha value is -1.02. The Morgan fingerprint density at radius 2 is 1.84 bits per heavy atom. The van der Waals surface area contributed by atoms with Crippen LogP contribution in [-0.4, -0.2) is 52.6 Å². The number of ether oxygens (including phenoxy) is 2. The fourth-order valence-electron chi connectivity index (χ4n) is 2.01. The first-order valence-electron chi connectivity index (χ1n) is 6.17. The summed E-state index contributed by atoms with van der Waals surface area (Å²) in [5.74, 6) is 0. The van der Waals surface area contributed by atoms with Crippen LogP contribution in [0.15, 0.2) is 30.3 Å². The lowest BCUT2D eigenvalue weighted by Gasteiger charge is -2.40. The Balaban J connectivity index is 1.95. The summed E-state index contributed by atoms with van der Waals surface area (Å²) >= 11 is 0. The first kappa shape index (κ1) is 14.4. The second kappa shape index (κ2) is 6.42. The molecule has 1 aromatic carbocycles. The highest BCUT2D eigenvalue weighted by molar-refractivity contribution is 5.13. The van der Waals surface area contributed by atoms with Crippen molar-refractivity contribution < 1.29 is 24.8 Å². The molecular weight excluding hydrogens is 250 g/mol. The lowest BCUT2D eigenvalue weighted by molar-refractivity contribution is -0.269. The SMILES string of the molecule is N[C@H]1[C@@H](OCc2ccccc2)O[C@H](CO)[C@@H](O)[C@@H]1O. The molecule has 1 aliphatic rings. The van der Waals surface area contributed by atoms with Gasteiger partial charge in [0.05, 0.1) is 19.3 Å². The van der Waals surface area contributed by atoms with Crippen LogP contribution in [0.25, 0.3) is 0 Å². The monoisotopic (exact) mass is 269 g/mol. The molecule has 1 fully saturated rings. The van der Waals surface area contributed by atoms with E-state index in [-0.39, 0.29) is 6.61 Å². The van der Waals surface area contributed by atoms with Gasteiger partial charge in [0.15, 0.2) is 6.29 Å². The molecule has 19 heavy (non-hydrogen) atoms. The van der Waals surface area contributed by atoms with Crippen molar-refractivity contribution in [1.82, 2.24) is 0 Å². The largest absolute Gasteiger partial charge is 0.394 e. The van der Waals surface area contributed by atoms with Gasteiger partial charge in [-0.3, -0.25) is 0 Å². The van der Waals surface area contributed by atoms with Gasteiger partial charge in [-0.15, -0.1) is 0 Å². The van der Waals surface area contributed by atoms with Gasteiger partial charge < -0.3 is 30.5 Å². The average molecular weight is 269 g/mol. The first-order chi connectivity index (χ1) is 9.13. The molecule has 0 aromatic heterocycles. The molecular formula is C13H19NO5. The third-order valence-electron chi connectivity index (χ3n) is 3.19. The third-order valence-corrected chi connectivity index (χ3v) is 3.19. The van der Waals surface area contributed by atoms with Gasteiger partial charge in [-0.05, 0) is 5.56 Å². The Kier molecular flexibility index (Phi) is 4.87. The second-order valence-electron chi connectivity index (χ2n) is 4.58. The zero-order valence-corrected chi connectivity index (χ0v) is 10.4. The van der Waals surface area contributed by atoms with Crippen molar-refractivity contribution >= 4 is 0 Å². The Morgan fingerprint density at radius 1 is 1.16 bits per heavy atom. The number of nitrogens with two attached hydrogens (primary N) is 1. The molecule has 106 valence electrons. The second-order valence-corrected chi connectivity index (χ2v) is 4.58. The summed E-state index contributed by atoms with van der Waals surface area (Å²) < 4.78 is 10.8. The molecule has 5 N–H and O–H groups in total. The van der Waals surface area contributed by atoms with Crippen LogP contribution in [0.5, 0.6) is 0 Å². The topological polar surface area (TPSA) is 105 Å². The minimum absolute atomic E-state index is 0.278. The zero-order chi connectivity index (χ0) is 13.8. The molecule has 0 radical (unpaired) electrons. The Bertz CT molecular complexity index is 386. The van der Waals surface area contributed by atoms with E-state index >= 15 is 0 Å². The van der Waals surface area contributed by atoms with E-state index in [9.17, 15) is 10.2 Å². The summed E-state index contributed by atoms with van der Waals surface area (Å²) in [6.07, 6.45) is -4.16. The van der Waals surface area contributed by atoms with E-state index < -0.39 is 37.3 Å². The predicted molar refractivity (Wildman–Crippen MR) is 67.0 cm³/mol. The van der Waals surface area contributed by atoms with Crippen molar-refractivity contribution in [2.45, 2.75) is 37.3 Å². The fourth-order valence-corrected chi connectivity index (χ4v) is 2.01. The minimum atomic E-state index is -1.21. The lowest BCUT2D eigenvalue weighted by Crippen LogP contribution is -2.62. The normalized spacial score (nSPS) is 35.3. The quantitative estimate of drug-likeness (QED) is 0.557. The molecule has 0 aliphatic carbocycles. The molecule has 1 heterocycles. The van der Waals surface area contributed by atoms with Crippen LogP contribution in [0, 0.1) is 0 Å².